The van der Waals surface area contributed by atoms with Crippen LogP contribution in [0.25, 0.3) is 11.3 Å². The zero-order valence-electron chi connectivity index (χ0n) is 7.19. The highest BCUT2D eigenvalue weighted by Crippen LogP contribution is 2.24. The molecule has 0 radical (unpaired) electrons. The van der Waals surface area contributed by atoms with E-state index in [0.717, 1.165) is 23.5 Å². The summed E-state index contributed by atoms with van der Waals surface area (Å²) >= 11 is 1.67. The predicted molar refractivity (Wildman–Crippen MR) is 54.8 cm³/mol. The second-order valence-corrected chi connectivity index (χ2v) is 3.60. The van der Waals surface area contributed by atoms with Gasteiger partial charge in [0.1, 0.15) is 11.5 Å². The van der Waals surface area contributed by atoms with Gasteiger partial charge in [0, 0.05) is 17.4 Å². The van der Waals surface area contributed by atoms with E-state index in [1.54, 1.807) is 11.3 Å². The van der Waals surface area contributed by atoms with Gasteiger partial charge in [0.15, 0.2) is 0 Å². The van der Waals surface area contributed by atoms with Crippen molar-refractivity contribution in [1.82, 2.24) is 0 Å². The first-order chi connectivity index (χ1) is 6.40. The minimum absolute atomic E-state index is 0.636. The molecule has 0 aliphatic heterocycles. The fourth-order valence-corrected chi connectivity index (χ4v) is 1.86. The summed E-state index contributed by atoms with van der Waals surface area (Å²) in [5.41, 5.74) is 6.58. The molecule has 2 nitrogen and oxygen atoms in total. The molecule has 0 bridgehead atoms. The van der Waals surface area contributed by atoms with Gasteiger partial charge < -0.3 is 10.2 Å². The van der Waals surface area contributed by atoms with Crippen LogP contribution in [0.15, 0.2) is 33.4 Å². The van der Waals surface area contributed by atoms with Crippen molar-refractivity contribution >= 4 is 11.3 Å². The van der Waals surface area contributed by atoms with Gasteiger partial charge >= 0.3 is 0 Å². The minimum atomic E-state index is 0.636. The van der Waals surface area contributed by atoms with Crippen LogP contribution in [0.4, 0.5) is 0 Å². The van der Waals surface area contributed by atoms with Gasteiger partial charge in [0.2, 0.25) is 0 Å². The standard InChI is InChI=1S/C10H11NOS/c11-5-3-9-1-2-10(12-9)8-4-6-13-7-8/h1-2,4,6-7H,3,5,11H2. The van der Waals surface area contributed by atoms with Crippen molar-refractivity contribution in [1.29, 1.82) is 0 Å². The minimum Gasteiger partial charge on any atom is -0.461 e. The van der Waals surface area contributed by atoms with Crippen LogP contribution >= 0.6 is 11.3 Å². The van der Waals surface area contributed by atoms with E-state index in [0.29, 0.717) is 6.54 Å². The van der Waals surface area contributed by atoms with Gasteiger partial charge in [-0.1, -0.05) is 0 Å². The molecule has 0 amide bonds. The second-order valence-electron chi connectivity index (χ2n) is 2.82. The molecule has 2 aromatic rings. The molecule has 3 heteroatoms. The maximum absolute atomic E-state index is 5.60. The van der Waals surface area contributed by atoms with E-state index >= 15 is 0 Å². The molecule has 2 heterocycles. The van der Waals surface area contributed by atoms with Crippen molar-refractivity contribution in [3.63, 3.8) is 0 Å². The molecular formula is C10H11NOS. The van der Waals surface area contributed by atoms with Crippen molar-refractivity contribution < 1.29 is 4.42 Å². The topological polar surface area (TPSA) is 39.2 Å². The average molecular weight is 193 g/mol. The van der Waals surface area contributed by atoms with Gasteiger partial charge in [-0.25, -0.2) is 0 Å². The third-order valence-corrected chi connectivity index (χ3v) is 2.54. The Morgan fingerprint density at radius 1 is 1.31 bits per heavy atom. The Labute approximate surface area is 81.0 Å². The van der Waals surface area contributed by atoms with Crippen molar-refractivity contribution in [2.75, 3.05) is 6.54 Å². The molecule has 13 heavy (non-hydrogen) atoms. The van der Waals surface area contributed by atoms with E-state index < -0.39 is 0 Å². The van der Waals surface area contributed by atoms with Crippen LogP contribution in [0.1, 0.15) is 5.76 Å². The molecule has 2 aromatic heterocycles. The first-order valence-corrected chi connectivity index (χ1v) is 5.16. The Hall–Kier alpha value is -1.06. The Kier molecular flexibility index (Phi) is 2.47. The highest BCUT2D eigenvalue weighted by molar-refractivity contribution is 7.08. The van der Waals surface area contributed by atoms with E-state index in [-0.39, 0.29) is 0 Å². The summed E-state index contributed by atoms with van der Waals surface area (Å²) < 4.78 is 5.60. The molecule has 68 valence electrons. The third-order valence-electron chi connectivity index (χ3n) is 1.86. The Balaban J connectivity index is 2.23. The maximum atomic E-state index is 5.60. The summed E-state index contributed by atoms with van der Waals surface area (Å²) in [5, 5.41) is 4.12. The normalized spacial score (nSPS) is 10.5. The maximum Gasteiger partial charge on any atom is 0.135 e. The van der Waals surface area contributed by atoms with E-state index in [9.17, 15) is 0 Å². The fourth-order valence-electron chi connectivity index (χ4n) is 1.21. The zero-order valence-corrected chi connectivity index (χ0v) is 8.01. The molecule has 0 spiro atoms. The largest absolute Gasteiger partial charge is 0.461 e. The Bertz CT molecular complexity index is 364. The Morgan fingerprint density at radius 2 is 2.23 bits per heavy atom. The lowest BCUT2D eigenvalue weighted by molar-refractivity contribution is 0.524. The molecule has 0 aliphatic carbocycles. The van der Waals surface area contributed by atoms with E-state index in [2.05, 4.69) is 11.4 Å². The van der Waals surface area contributed by atoms with Crippen LogP contribution in [0.5, 0.6) is 0 Å². The van der Waals surface area contributed by atoms with Crippen molar-refractivity contribution in [3.8, 4) is 11.3 Å². The lowest BCUT2D eigenvalue weighted by Crippen LogP contribution is -2.01. The lowest BCUT2D eigenvalue weighted by atomic mass is 10.3. The van der Waals surface area contributed by atoms with Crippen LogP contribution in [-0.4, -0.2) is 6.54 Å². The van der Waals surface area contributed by atoms with Crippen molar-refractivity contribution in [2.45, 2.75) is 6.42 Å². The van der Waals surface area contributed by atoms with Gasteiger partial charge in [-0.05, 0) is 30.1 Å². The van der Waals surface area contributed by atoms with Crippen molar-refractivity contribution in [3.05, 3.63) is 34.7 Å². The van der Waals surface area contributed by atoms with Gasteiger partial charge in [0.25, 0.3) is 0 Å². The SMILES string of the molecule is NCCc1ccc(-c2ccsc2)o1. The van der Waals surface area contributed by atoms with Crippen LogP contribution in [0, 0.1) is 0 Å². The number of rotatable bonds is 3. The molecule has 0 aromatic carbocycles. The molecule has 0 saturated heterocycles. The molecule has 2 N–H and O–H groups in total. The average Bonchev–Trinajstić information content (AvgIpc) is 2.70. The first kappa shape index (κ1) is 8.53. The van der Waals surface area contributed by atoms with Gasteiger partial charge in [-0.3, -0.25) is 0 Å². The summed E-state index contributed by atoms with van der Waals surface area (Å²) in [6.45, 7) is 0.636. The fraction of sp³-hybridized carbons (Fsp3) is 0.200. The molecule has 0 saturated carbocycles. The zero-order chi connectivity index (χ0) is 9.10. The highest BCUT2D eigenvalue weighted by atomic mass is 32.1. The van der Waals surface area contributed by atoms with Crippen LogP contribution in [0.3, 0.4) is 0 Å². The van der Waals surface area contributed by atoms with E-state index in [1.807, 2.05) is 17.5 Å². The number of nitrogens with two attached hydrogens (primary N) is 1. The monoisotopic (exact) mass is 193 g/mol. The van der Waals surface area contributed by atoms with Crippen LogP contribution < -0.4 is 5.73 Å². The van der Waals surface area contributed by atoms with Crippen LogP contribution in [-0.2, 0) is 6.42 Å². The molecule has 0 aliphatic rings. The number of furan rings is 1. The summed E-state index contributed by atoms with van der Waals surface area (Å²) in [6.07, 6.45) is 0.810. The first-order valence-electron chi connectivity index (χ1n) is 4.21. The van der Waals surface area contributed by atoms with Crippen molar-refractivity contribution in [2.24, 2.45) is 5.73 Å². The molecular weight excluding hydrogens is 182 g/mol. The smallest absolute Gasteiger partial charge is 0.135 e. The van der Waals surface area contributed by atoms with Gasteiger partial charge in [0.05, 0.1) is 0 Å². The van der Waals surface area contributed by atoms with E-state index in [4.69, 9.17) is 10.2 Å². The predicted octanol–water partition coefficient (Wildman–Crippen LogP) is 2.51. The van der Waals surface area contributed by atoms with Crippen LogP contribution in [0.2, 0.25) is 0 Å². The quantitative estimate of drug-likeness (QED) is 0.813. The molecule has 0 atom stereocenters. The summed E-state index contributed by atoms with van der Waals surface area (Å²) in [6, 6.07) is 6.03. The van der Waals surface area contributed by atoms with E-state index in [1.165, 1.54) is 0 Å². The van der Waals surface area contributed by atoms with Gasteiger partial charge in [-0.2, -0.15) is 11.3 Å². The summed E-state index contributed by atoms with van der Waals surface area (Å²) in [4.78, 5) is 0. The molecule has 0 unspecified atom stereocenters. The molecule has 0 fully saturated rings. The Morgan fingerprint density at radius 3 is 2.92 bits per heavy atom. The highest BCUT2D eigenvalue weighted by Gasteiger charge is 2.03. The lowest BCUT2D eigenvalue weighted by Gasteiger charge is -1.91. The number of hydrogen-bond donors (Lipinski definition) is 1. The summed E-state index contributed by atoms with van der Waals surface area (Å²) in [5.74, 6) is 1.90. The summed E-state index contributed by atoms with van der Waals surface area (Å²) in [7, 11) is 0. The van der Waals surface area contributed by atoms with Gasteiger partial charge in [-0.15, -0.1) is 0 Å². The third kappa shape index (κ3) is 1.82. The molecule has 2 rings (SSSR count). The number of hydrogen-bond acceptors (Lipinski definition) is 3. The second kappa shape index (κ2) is 3.77. The number of thiophene rings is 1.